The molecular formula is C16H18N2O2. The third-order valence-corrected chi connectivity index (χ3v) is 4.03. The maximum absolute atomic E-state index is 11.1. The average molecular weight is 270 g/mol. The van der Waals surface area contributed by atoms with Crippen molar-refractivity contribution in [2.75, 3.05) is 11.9 Å². The molecule has 0 radical (unpaired) electrons. The number of aromatic carboxylic acids is 1. The molecule has 4 nitrogen and oxygen atoms in total. The fourth-order valence-electron chi connectivity index (χ4n) is 2.62. The SMILES string of the molecule is O=C(O)c1cc(NCCC2CCC2)c2ccccc2n1. The number of carboxylic acid groups (broad SMARTS) is 1. The number of fused-ring (bicyclic) bond motifs is 1. The lowest BCUT2D eigenvalue weighted by Gasteiger charge is -2.25. The number of anilines is 1. The molecule has 1 aromatic heterocycles. The van der Waals surface area contributed by atoms with E-state index in [9.17, 15) is 4.79 Å². The Balaban J connectivity index is 1.84. The van der Waals surface area contributed by atoms with Crippen molar-refractivity contribution in [2.45, 2.75) is 25.7 Å². The molecule has 2 N–H and O–H groups in total. The molecule has 0 atom stereocenters. The van der Waals surface area contributed by atoms with Gasteiger partial charge in [0.25, 0.3) is 0 Å². The number of pyridine rings is 1. The summed E-state index contributed by atoms with van der Waals surface area (Å²) < 4.78 is 0. The van der Waals surface area contributed by atoms with Crippen LogP contribution in [-0.4, -0.2) is 22.6 Å². The maximum Gasteiger partial charge on any atom is 0.354 e. The van der Waals surface area contributed by atoms with Gasteiger partial charge in [-0.2, -0.15) is 0 Å². The minimum atomic E-state index is -0.988. The van der Waals surface area contributed by atoms with E-state index in [1.165, 1.54) is 19.3 Å². The van der Waals surface area contributed by atoms with Gasteiger partial charge >= 0.3 is 5.97 Å². The quantitative estimate of drug-likeness (QED) is 0.872. The van der Waals surface area contributed by atoms with Gasteiger partial charge in [-0.05, 0) is 24.5 Å². The number of hydrogen-bond acceptors (Lipinski definition) is 3. The van der Waals surface area contributed by atoms with Gasteiger partial charge in [-0.15, -0.1) is 0 Å². The Morgan fingerprint density at radius 2 is 2.15 bits per heavy atom. The zero-order valence-electron chi connectivity index (χ0n) is 11.3. The molecular weight excluding hydrogens is 252 g/mol. The molecule has 1 heterocycles. The van der Waals surface area contributed by atoms with Gasteiger partial charge in [-0.25, -0.2) is 9.78 Å². The van der Waals surface area contributed by atoms with E-state index in [0.717, 1.165) is 35.5 Å². The summed E-state index contributed by atoms with van der Waals surface area (Å²) in [5.74, 6) is -0.146. The number of rotatable bonds is 5. The highest BCUT2D eigenvalue weighted by Crippen LogP contribution is 2.30. The maximum atomic E-state index is 11.1. The van der Waals surface area contributed by atoms with Crippen LogP contribution in [0.4, 0.5) is 5.69 Å². The molecule has 0 aliphatic heterocycles. The lowest BCUT2D eigenvalue weighted by Crippen LogP contribution is -2.16. The minimum Gasteiger partial charge on any atom is -0.477 e. The highest BCUT2D eigenvalue weighted by molar-refractivity contribution is 5.97. The highest BCUT2D eigenvalue weighted by Gasteiger charge is 2.17. The summed E-state index contributed by atoms with van der Waals surface area (Å²) in [6.07, 6.45) is 5.17. The summed E-state index contributed by atoms with van der Waals surface area (Å²) in [6.45, 7) is 0.887. The molecule has 1 aliphatic rings. The highest BCUT2D eigenvalue weighted by atomic mass is 16.4. The van der Waals surface area contributed by atoms with Crippen molar-refractivity contribution in [1.29, 1.82) is 0 Å². The number of hydrogen-bond donors (Lipinski definition) is 2. The van der Waals surface area contributed by atoms with Gasteiger partial charge in [0.2, 0.25) is 0 Å². The smallest absolute Gasteiger partial charge is 0.354 e. The Morgan fingerprint density at radius 1 is 1.35 bits per heavy atom. The van der Waals surface area contributed by atoms with Gasteiger partial charge in [0.1, 0.15) is 0 Å². The van der Waals surface area contributed by atoms with E-state index in [-0.39, 0.29) is 5.69 Å². The van der Waals surface area contributed by atoms with Crippen LogP contribution in [0.15, 0.2) is 30.3 Å². The first-order chi connectivity index (χ1) is 9.74. The van der Waals surface area contributed by atoms with Crippen molar-refractivity contribution in [2.24, 2.45) is 5.92 Å². The van der Waals surface area contributed by atoms with Gasteiger partial charge in [-0.1, -0.05) is 37.5 Å². The Morgan fingerprint density at radius 3 is 2.85 bits per heavy atom. The molecule has 104 valence electrons. The molecule has 20 heavy (non-hydrogen) atoms. The first-order valence-electron chi connectivity index (χ1n) is 7.11. The lowest BCUT2D eigenvalue weighted by atomic mass is 9.83. The van der Waals surface area contributed by atoms with E-state index in [0.29, 0.717) is 0 Å². The number of carbonyl (C=O) groups is 1. The van der Waals surface area contributed by atoms with Crippen LogP contribution < -0.4 is 5.32 Å². The molecule has 0 amide bonds. The average Bonchev–Trinajstić information content (AvgIpc) is 2.41. The molecule has 0 spiro atoms. The molecule has 3 rings (SSSR count). The largest absolute Gasteiger partial charge is 0.477 e. The summed E-state index contributed by atoms with van der Waals surface area (Å²) in [5, 5.41) is 13.5. The fourth-order valence-corrected chi connectivity index (χ4v) is 2.62. The van der Waals surface area contributed by atoms with Gasteiger partial charge < -0.3 is 10.4 Å². The van der Waals surface area contributed by atoms with Crippen LogP contribution in [0.3, 0.4) is 0 Å². The summed E-state index contributed by atoms with van der Waals surface area (Å²) in [6, 6.07) is 9.27. The Hall–Kier alpha value is -2.10. The van der Waals surface area contributed by atoms with Crippen LogP contribution in [0.5, 0.6) is 0 Å². The number of aromatic nitrogens is 1. The molecule has 1 aromatic carbocycles. The number of para-hydroxylation sites is 1. The van der Waals surface area contributed by atoms with Crippen LogP contribution in [-0.2, 0) is 0 Å². The Labute approximate surface area is 117 Å². The molecule has 1 saturated carbocycles. The van der Waals surface area contributed by atoms with E-state index in [1.54, 1.807) is 6.07 Å². The Bertz CT molecular complexity index is 635. The van der Waals surface area contributed by atoms with Crippen LogP contribution >= 0.6 is 0 Å². The topological polar surface area (TPSA) is 62.2 Å². The molecule has 2 aromatic rings. The van der Waals surface area contributed by atoms with Crippen LogP contribution in [0.25, 0.3) is 10.9 Å². The van der Waals surface area contributed by atoms with Crippen LogP contribution in [0.2, 0.25) is 0 Å². The lowest BCUT2D eigenvalue weighted by molar-refractivity contribution is 0.0691. The van der Waals surface area contributed by atoms with Crippen LogP contribution in [0.1, 0.15) is 36.2 Å². The van der Waals surface area contributed by atoms with Gasteiger partial charge in [0, 0.05) is 17.6 Å². The third-order valence-electron chi connectivity index (χ3n) is 4.03. The van der Waals surface area contributed by atoms with Crippen molar-refractivity contribution >= 4 is 22.6 Å². The van der Waals surface area contributed by atoms with Crippen molar-refractivity contribution in [3.05, 3.63) is 36.0 Å². The number of carboxylic acids is 1. The number of nitrogens with zero attached hydrogens (tertiary/aromatic N) is 1. The molecule has 0 saturated heterocycles. The minimum absolute atomic E-state index is 0.0924. The fraction of sp³-hybridized carbons (Fsp3) is 0.375. The predicted molar refractivity (Wildman–Crippen MR) is 79.2 cm³/mol. The van der Waals surface area contributed by atoms with Gasteiger partial charge in [0.15, 0.2) is 5.69 Å². The molecule has 4 heteroatoms. The van der Waals surface area contributed by atoms with E-state index in [4.69, 9.17) is 5.11 Å². The Kier molecular flexibility index (Phi) is 3.54. The molecule has 1 aliphatic carbocycles. The van der Waals surface area contributed by atoms with Crippen LogP contribution in [0, 0.1) is 5.92 Å². The van der Waals surface area contributed by atoms with E-state index in [2.05, 4.69) is 10.3 Å². The second kappa shape index (κ2) is 5.49. The second-order valence-corrected chi connectivity index (χ2v) is 5.39. The van der Waals surface area contributed by atoms with Crippen molar-refractivity contribution in [1.82, 2.24) is 4.98 Å². The predicted octanol–water partition coefficient (Wildman–Crippen LogP) is 3.54. The first kappa shape index (κ1) is 12.9. The summed E-state index contributed by atoms with van der Waals surface area (Å²) in [4.78, 5) is 15.3. The van der Waals surface area contributed by atoms with E-state index in [1.807, 2.05) is 24.3 Å². The zero-order chi connectivity index (χ0) is 13.9. The number of benzene rings is 1. The molecule has 0 unspecified atom stereocenters. The second-order valence-electron chi connectivity index (χ2n) is 5.39. The standard InChI is InChI=1S/C16H18N2O2/c19-16(20)15-10-14(17-9-8-11-4-3-5-11)12-6-1-2-7-13(12)18-15/h1-2,6-7,10-11H,3-5,8-9H2,(H,17,18)(H,19,20). The van der Waals surface area contributed by atoms with Crippen molar-refractivity contribution in [3.8, 4) is 0 Å². The van der Waals surface area contributed by atoms with E-state index >= 15 is 0 Å². The monoisotopic (exact) mass is 270 g/mol. The van der Waals surface area contributed by atoms with Crippen molar-refractivity contribution in [3.63, 3.8) is 0 Å². The summed E-state index contributed by atoms with van der Waals surface area (Å²) >= 11 is 0. The third kappa shape index (κ3) is 2.59. The normalized spacial score (nSPS) is 15.0. The van der Waals surface area contributed by atoms with Gasteiger partial charge in [-0.3, -0.25) is 0 Å². The first-order valence-corrected chi connectivity index (χ1v) is 7.11. The summed E-state index contributed by atoms with van der Waals surface area (Å²) in [7, 11) is 0. The summed E-state index contributed by atoms with van der Waals surface area (Å²) in [5.41, 5.74) is 1.68. The van der Waals surface area contributed by atoms with Crippen molar-refractivity contribution < 1.29 is 9.90 Å². The van der Waals surface area contributed by atoms with E-state index < -0.39 is 5.97 Å². The number of nitrogens with one attached hydrogen (secondary N) is 1. The van der Waals surface area contributed by atoms with Gasteiger partial charge in [0.05, 0.1) is 5.52 Å². The molecule has 1 fully saturated rings. The molecule has 0 bridgehead atoms. The zero-order valence-corrected chi connectivity index (χ0v) is 11.3.